The summed E-state index contributed by atoms with van der Waals surface area (Å²) in [6.07, 6.45) is 0. The number of hydrogen-bond donors (Lipinski definition) is 0. The minimum Gasteiger partial charge on any atom is -0.382 e. The van der Waals surface area contributed by atoms with E-state index in [1.165, 1.54) is 24.4 Å². The Bertz CT molecular complexity index is 425. The molecule has 0 fully saturated rings. The molecule has 0 aliphatic rings. The van der Waals surface area contributed by atoms with E-state index >= 15 is 0 Å². The Morgan fingerprint density at radius 3 is 1.83 bits per heavy atom. The van der Waals surface area contributed by atoms with Gasteiger partial charge in [0.1, 0.15) is 7.74 Å². The van der Waals surface area contributed by atoms with Gasteiger partial charge in [0.25, 0.3) is 0 Å². The summed E-state index contributed by atoms with van der Waals surface area (Å²) in [5.41, 5.74) is 3.75. The van der Waals surface area contributed by atoms with Crippen LogP contribution in [0, 0.1) is 6.92 Å². The topological polar surface area (TPSA) is 9.23 Å². The third-order valence-electron chi connectivity index (χ3n) is 2.14. The van der Waals surface area contributed by atoms with Gasteiger partial charge in [0.2, 0.25) is 0 Å². The molecule has 0 aliphatic carbocycles. The molecule has 18 heavy (non-hydrogen) atoms. The lowest BCUT2D eigenvalue weighted by molar-refractivity contribution is 0.567. The van der Waals surface area contributed by atoms with Crippen molar-refractivity contribution in [2.45, 2.75) is 46.2 Å². The van der Waals surface area contributed by atoms with Crippen LogP contribution in [0.3, 0.4) is 0 Å². The lowest BCUT2D eigenvalue weighted by Gasteiger charge is -2.22. The van der Waals surface area contributed by atoms with Crippen molar-refractivity contribution >= 4 is 29.3 Å². The van der Waals surface area contributed by atoms with Crippen molar-refractivity contribution in [3.8, 4) is 0 Å². The molecule has 1 rings (SSSR count). The van der Waals surface area contributed by atoms with E-state index in [1.807, 2.05) is 0 Å². The van der Waals surface area contributed by atoms with Gasteiger partial charge in [-0.05, 0) is 26.6 Å². The number of rotatable bonds is 4. The Morgan fingerprint density at radius 2 is 1.44 bits per heavy atom. The highest BCUT2D eigenvalue weighted by Gasteiger charge is 2.21. The molecule has 0 atom stereocenters. The Kier molecular flexibility index (Phi) is 5.13. The lowest BCUT2D eigenvalue weighted by Crippen LogP contribution is -2.30. The third-order valence-corrected chi connectivity index (χ3v) is 6.97. The molecule has 1 aromatic carbocycles. The van der Waals surface area contributed by atoms with Crippen LogP contribution in [0.4, 0.5) is 0 Å². The van der Waals surface area contributed by atoms with Crippen LogP contribution in [0.1, 0.15) is 11.1 Å². The molecule has 0 heterocycles. The second-order valence-corrected chi connectivity index (χ2v) is 20.8. The molecule has 1 nitrogen and oxygen atoms in total. The summed E-state index contributed by atoms with van der Waals surface area (Å²) in [6.45, 7) is 16.0. The van der Waals surface area contributed by atoms with Gasteiger partial charge in [0, 0.05) is 5.56 Å². The SMILES string of the molecule is Cc1ccc(C(O[Si](C)(C)C)=P[Si](C)(C)C)cc1. The molecule has 0 spiro atoms. The summed E-state index contributed by atoms with van der Waals surface area (Å²) in [6, 6.07) is 8.72. The van der Waals surface area contributed by atoms with Crippen LogP contribution in [0.15, 0.2) is 24.3 Å². The lowest BCUT2D eigenvalue weighted by atomic mass is 10.2. The monoisotopic (exact) mass is 296 g/mol. The normalized spacial score (nSPS) is 13.8. The molecule has 0 unspecified atom stereocenters. The molecule has 0 bridgehead atoms. The van der Waals surface area contributed by atoms with Crippen LogP contribution in [0.25, 0.3) is 0 Å². The van der Waals surface area contributed by atoms with E-state index in [1.54, 1.807) is 0 Å². The van der Waals surface area contributed by atoms with Crippen LogP contribution < -0.4 is 0 Å². The Hall–Kier alpha value is -0.216. The first kappa shape index (κ1) is 15.8. The summed E-state index contributed by atoms with van der Waals surface area (Å²) in [5.74, 6) is 0. The zero-order valence-corrected chi connectivity index (χ0v) is 15.6. The molecule has 0 saturated carbocycles. The predicted octanol–water partition coefficient (Wildman–Crippen LogP) is 5.11. The largest absolute Gasteiger partial charge is 0.382 e. The standard InChI is InChI=1S/C14H25OPSi2/c1-12-8-10-13(11-9-12)14(15-17(2,3)4)16-18(5,6)7/h8-11H,1-7H3. The van der Waals surface area contributed by atoms with Crippen LogP contribution >= 0.6 is 7.75 Å². The first-order valence-corrected chi connectivity index (χ1v) is 15.1. The quantitative estimate of drug-likeness (QED) is 0.554. The maximum atomic E-state index is 6.32. The second-order valence-electron chi connectivity index (χ2n) is 6.67. The zero-order chi connectivity index (χ0) is 14.0. The third kappa shape index (κ3) is 6.10. The van der Waals surface area contributed by atoms with Crippen molar-refractivity contribution in [1.29, 1.82) is 0 Å². The Morgan fingerprint density at radius 1 is 0.944 bits per heavy atom. The molecule has 0 radical (unpaired) electrons. The predicted molar refractivity (Wildman–Crippen MR) is 90.0 cm³/mol. The molecule has 4 heteroatoms. The van der Waals surface area contributed by atoms with Gasteiger partial charge in [-0.2, -0.15) is 0 Å². The summed E-state index contributed by atoms with van der Waals surface area (Å²) in [7, 11) is -1.32. The molecule has 0 N–H and O–H groups in total. The zero-order valence-electron chi connectivity index (χ0n) is 12.7. The van der Waals surface area contributed by atoms with Crippen molar-refractivity contribution in [2.24, 2.45) is 0 Å². The maximum absolute atomic E-state index is 6.32. The van der Waals surface area contributed by atoms with E-state index in [9.17, 15) is 0 Å². The first-order chi connectivity index (χ1) is 8.07. The van der Waals surface area contributed by atoms with Gasteiger partial charge >= 0.3 is 0 Å². The maximum Gasteiger partial charge on any atom is 0.192 e. The highest BCUT2D eigenvalue weighted by atomic mass is 31.3. The smallest absolute Gasteiger partial charge is 0.192 e. The average molecular weight is 296 g/mol. The summed E-state index contributed by atoms with van der Waals surface area (Å²) >= 11 is 0. The summed E-state index contributed by atoms with van der Waals surface area (Å²) in [4.78, 5) is 0. The highest BCUT2D eigenvalue weighted by Crippen LogP contribution is 2.25. The number of aryl methyl sites for hydroxylation is 1. The fraction of sp³-hybridized carbons (Fsp3) is 0.500. The molecular weight excluding hydrogens is 271 g/mol. The van der Waals surface area contributed by atoms with Crippen LogP contribution in [-0.2, 0) is 4.43 Å². The minimum atomic E-state index is -1.54. The van der Waals surface area contributed by atoms with Gasteiger partial charge < -0.3 is 4.43 Å². The van der Waals surface area contributed by atoms with Crippen molar-refractivity contribution < 1.29 is 4.43 Å². The van der Waals surface area contributed by atoms with Gasteiger partial charge in [-0.3, -0.25) is 0 Å². The van der Waals surface area contributed by atoms with Crippen LogP contribution in [0.5, 0.6) is 0 Å². The number of hydrogen-bond acceptors (Lipinski definition) is 1. The summed E-state index contributed by atoms with van der Waals surface area (Å²) < 4.78 is 6.32. The van der Waals surface area contributed by atoms with Crippen LogP contribution in [0.2, 0.25) is 39.3 Å². The fourth-order valence-electron chi connectivity index (χ4n) is 1.44. The molecule has 0 aliphatic heterocycles. The first-order valence-electron chi connectivity index (χ1n) is 6.43. The van der Waals surface area contributed by atoms with E-state index < -0.39 is 16.1 Å². The minimum absolute atomic E-state index is 1.18. The average Bonchev–Trinajstić information content (AvgIpc) is 2.13. The Labute approximate surface area is 115 Å². The molecular formula is C14H25OPSi2. The van der Waals surface area contributed by atoms with Crippen LogP contribution in [-0.4, -0.2) is 21.5 Å². The number of benzene rings is 1. The second kappa shape index (κ2) is 5.83. The van der Waals surface area contributed by atoms with Gasteiger partial charge in [0.05, 0.1) is 5.48 Å². The van der Waals surface area contributed by atoms with E-state index in [4.69, 9.17) is 4.43 Å². The summed E-state index contributed by atoms with van der Waals surface area (Å²) in [5, 5.41) is 0. The molecule has 0 amide bonds. The van der Waals surface area contributed by atoms with Gasteiger partial charge in [-0.1, -0.05) is 57.2 Å². The van der Waals surface area contributed by atoms with Crippen molar-refractivity contribution in [3.63, 3.8) is 0 Å². The van der Waals surface area contributed by atoms with Gasteiger partial charge in [0.15, 0.2) is 8.32 Å². The molecule has 100 valence electrons. The van der Waals surface area contributed by atoms with Gasteiger partial charge in [-0.15, -0.1) is 0 Å². The van der Waals surface area contributed by atoms with E-state index in [2.05, 4.69) is 70.5 Å². The van der Waals surface area contributed by atoms with E-state index in [0.717, 1.165) is 0 Å². The van der Waals surface area contributed by atoms with Crippen molar-refractivity contribution in [1.82, 2.24) is 0 Å². The van der Waals surface area contributed by atoms with E-state index in [0.29, 0.717) is 0 Å². The molecule has 0 saturated heterocycles. The molecule has 0 aromatic heterocycles. The van der Waals surface area contributed by atoms with Crippen molar-refractivity contribution in [3.05, 3.63) is 35.4 Å². The molecule has 1 aromatic rings. The highest BCUT2D eigenvalue weighted by molar-refractivity contribution is 7.81. The van der Waals surface area contributed by atoms with Gasteiger partial charge in [-0.25, -0.2) is 0 Å². The van der Waals surface area contributed by atoms with E-state index in [-0.39, 0.29) is 0 Å². The van der Waals surface area contributed by atoms with Crippen molar-refractivity contribution in [2.75, 3.05) is 0 Å². The fourth-order valence-corrected chi connectivity index (χ4v) is 6.65. The Balaban J connectivity index is 3.13.